The number of halogens is 5. The molecule has 0 aliphatic carbocycles. The van der Waals surface area contributed by atoms with E-state index in [0.717, 1.165) is 12.1 Å². The molecule has 0 radical (unpaired) electrons. The number of carbonyl (C=O) groups excluding carboxylic acids is 2. The molecular formula is C31H38F5N3O11S. The topological polar surface area (TPSA) is 171 Å². The number of carbonyl (C=O) groups is 2. The van der Waals surface area contributed by atoms with E-state index in [1.165, 1.54) is 41.4 Å². The number of hydrogen-bond donors (Lipinski definition) is 3. The van der Waals surface area contributed by atoms with Crippen LogP contribution in [0.2, 0.25) is 0 Å². The molecule has 5 atom stereocenters. The number of ether oxygens (including phenoxy) is 5. The predicted molar refractivity (Wildman–Crippen MR) is 166 cm³/mol. The number of nitrogens with one attached hydrogen (secondary N) is 2. The van der Waals surface area contributed by atoms with Crippen LogP contribution in [-0.4, -0.2) is 92.7 Å². The van der Waals surface area contributed by atoms with E-state index in [0.29, 0.717) is 24.2 Å². The highest BCUT2D eigenvalue weighted by molar-refractivity contribution is 7.88. The van der Waals surface area contributed by atoms with E-state index in [1.54, 1.807) is 20.8 Å². The first kappa shape index (κ1) is 39.8. The Morgan fingerprint density at radius 1 is 0.980 bits per heavy atom. The molecule has 2 aliphatic heterocycles. The van der Waals surface area contributed by atoms with Gasteiger partial charge in [0.25, 0.3) is 0 Å². The van der Waals surface area contributed by atoms with Crippen molar-refractivity contribution in [3.63, 3.8) is 0 Å². The number of rotatable bonds is 14. The Labute approximate surface area is 290 Å². The number of amides is 2. The molecule has 4 rings (SSSR count). The number of nitrogens with zero attached hydrogens (tertiary/aromatic N) is 1. The largest absolute Gasteiger partial charge is 0.534 e. The fraction of sp³-hybridized carbons (Fsp3) is 0.548. The van der Waals surface area contributed by atoms with Crippen LogP contribution < -0.4 is 19.7 Å². The van der Waals surface area contributed by atoms with E-state index in [1.807, 2.05) is 0 Å². The summed E-state index contributed by atoms with van der Waals surface area (Å²) in [6.45, 7) is 1.85. The van der Waals surface area contributed by atoms with Crippen LogP contribution >= 0.6 is 0 Å². The Kier molecular flexibility index (Phi) is 12.9. The van der Waals surface area contributed by atoms with Crippen LogP contribution in [0.4, 0.5) is 31.5 Å². The summed E-state index contributed by atoms with van der Waals surface area (Å²) in [5, 5.41) is 15.3. The molecule has 0 aromatic heterocycles. The first-order chi connectivity index (χ1) is 23.8. The third-order valence-corrected chi connectivity index (χ3v) is 8.44. The number of hydrazine groups is 1. The lowest BCUT2D eigenvalue weighted by atomic mass is 10.0. The van der Waals surface area contributed by atoms with Gasteiger partial charge in [-0.15, -0.1) is 0 Å². The van der Waals surface area contributed by atoms with Crippen LogP contribution in [0.25, 0.3) is 0 Å². The summed E-state index contributed by atoms with van der Waals surface area (Å²) in [4.78, 5) is 25.8. The van der Waals surface area contributed by atoms with E-state index < -0.39 is 70.3 Å². The minimum absolute atomic E-state index is 0.101. The molecule has 2 aliphatic rings. The molecule has 2 heterocycles. The third-order valence-electron chi connectivity index (χ3n) is 7.46. The Bertz CT molecular complexity index is 1580. The average molecular weight is 756 g/mol. The van der Waals surface area contributed by atoms with Crippen LogP contribution in [0, 0.1) is 5.92 Å². The molecule has 2 fully saturated rings. The summed E-state index contributed by atoms with van der Waals surface area (Å²) in [5.41, 5.74) is -3.22. The SMILES string of the molecule is CC(C)(C)OC(=O)N[C@@H](Cc1ccc(OS(=O)(=O)C(F)(F)F)cc1)[C@@H](O)CN(Cc1ccc(OC(F)F)cc1)NC(=O)O[C@H]1CO[C@H]2OCC[C@H]21. The van der Waals surface area contributed by atoms with Crippen molar-refractivity contribution in [2.75, 3.05) is 19.8 Å². The third kappa shape index (κ3) is 12.1. The maximum Gasteiger partial charge on any atom is 0.534 e. The van der Waals surface area contributed by atoms with E-state index in [9.17, 15) is 45.1 Å². The summed E-state index contributed by atoms with van der Waals surface area (Å²) >= 11 is 0. The van der Waals surface area contributed by atoms with Gasteiger partial charge in [-0.2, -0.15) is 30.4 Å². The minimum atomic E-state index is -5.92. The highest BCUT2D eigenvalue weighted by Crippen LogP contribution is 2.33. The Morgan fingerprint density at radius 3 is 2.22 bits per heavy atom. The van der Waals surface area contributed by atoms with Crippen LogP contribution in [0.5, 0.6) is 11.5 Å². The number of fused-ring (bicyclic) bond motifs is 1. The number of aliphatic hydroxyl groups is 1. The average Bonchev–Trinajstić information content (AvgIpc) is 3.62. The summed E-state index contributed by atoms with van der Waals surface area (Å²) in [6, 6.07) is 8.71. The molecule has 0 bridgehead atoms. The van der Waals surface area contributed by atoms with E-state index in [2.05, 4.69) is 19.7 Å². The smallest absolute Gasteiger partial charge is 0.444 e. The highest BCUT2D eigenvalue weighted by Gasteiger charge is 2.48. The molecule has 2 aromatic carbocycles. The summed E-state index contributed by atoms with van der Waals surface area (Å²) in [6.07, 6.45) is -3.97. The lowest BCUT2D eigenvalue weighted by molar-refractivity contribution is -0.0907. The molecule has 2 amide bonds. The van der Waals surface area contributed by atoms with Crippen molar-refractivity contribution in [1.29, 1.82) is 0 Å². The van der Waals surface area contributed by atoms with Crippen LogP contribution in [0.15, 0.2) is 48.5 Å². The number of aliphatic hydroxyl groups excluding tert-OH is 1. The first-order valence-corrected chi connectivity index (χ1v) is 17.0. The van der Waals surface area contributed by atoms with Crippen LogP contribution in [-0.2, 0) is 42.0 Å². The quantitative estimate of drug-likeness (QED) is 0.109. The lowest BCUT2D eigenvalue weighted by Gasteiger charge is -2.31. The standard InChI is InChI=1S/C31H38F5N3O11S/c1-30(2,3)49-28(41)37-23(14-18-4-10-21(11-5-18)50-51(43,44)31(34,35)36)24(40)16-39(15-19-6-8-20(9-7-19)47-27(32)33)38-29(42)48-25-17-46-26-22(25)12-13-45-26/h4-11,22-27,40H,12-17H2,1-3H3,(H,37,41)(H,38,42)/t22-,23-,24-,25-,26+/m0/s1. The number of alkyl halides is 5. The second-order valence-electron chi connectivity index (χ2n) is 12.6. The van der Waals surface area contributed by atoms with Gasteiger partial charge in [0.05, 0.1) is 31.3 Å². The van der Waals surface area contributed by atoms with Crippen LogP contribution in [0.1, 0.15) is 38.3 Å². The zero-order chi connectivity index (χ0) is 37.6. The molecule has 284 valence electrons. The fourth-order valence-electron chi connectivity index (χ4n) is 5.19. The lowest BCUT2D eigenvalue weighted by Crippen LogP contribution is -2.54. The van der Waals surface area contributed by atoms with Gasteiger partial charge in [-0.3, -0.25) is 5.43 Å². The summed E-state index contributed by atoms with van der Waals surface area (Å²) < 4.78 is 117. The van der Waals surface area contributed by atoms with Gasteiger partial charge in [-0.25, -0.2) is 14.6 Å². The monoisotopic (exact) mass is 755 g/mol. The van der Waals surface area contributed by atoms with Crippen molar-refractivity contribution in [1.82, 2.24) is 15.8 Å². The van der Waals surface area contributed by atoms with E-state index in [-0.39, 0.29) is 37.8 Å². The molecule has 3 N–H and O–H groups in total. The summed E-state index contributed by atoms with van der Waals surface area (Å²) in [5.74, 6) is -0.920. The molecule has 2 saturated heterocycles. The van der Waals surface area contributed by atoms with Gasteiger partial charge >= 0.3 is 34.4 Å². The van der Waals surface area contributed by atoms with Gasteiger partial charge < -0.3 is 38.3 Å². The van der Waals surface area contributed by atoms with E-state index >= 15 is 0 Å². The predicted octanol–water partition coefficient (Wildman–Crippen LogP) is 4.22. The van der Waals surface area contributed by atoms with Crippen LogP contribution in [0.3, 0.4) is 0 Å². The molecule has 14 nitrogen and oxygen atoms in total. The molecule has 0 spiro atoms. The van der Waals surface area contributed by atoms with E-state index in [4.69, 9.17) is 18.9 Å². The maximum absolute atomic E-state index is 13.1. The Hall–Kier alpha value is -3.98. The maximum atomic E-state index is 13.1. The van der Waals surface area contributed by atoms with Gasteiger partial charge in [0.15, 0.2) is 6.29 Å². The fourth-order valence-corrected chi connectivity index (χ4v) is 5.65. The Morgan fingerprint density at radius 2 is 1.61 bits per heavy atom. The van der Waals surface area contributed by atoms with Crippen molar-refractivity contribution in [2.45, 2.75) is 82.4 Å². The second-order valence-corrected chi connectivity index (χ2v) is 14.2. The number of hydrogen-bond acceptors (Lipinski definition) is 12. The first-order valence-electron chi connectivity index (χ1n) is 15.5. The molecule has 0 unspecified atom stereocenters. The number of benzene rings is 2. The van der Waals surface area contributed by atoms with Gasteiger partial charge in [0.1, 0.15) is 23.2 Å². The van der Waals surface area contributed by atoms with Crippen molar-refractivity contribution in [3.05, 3.63) is 59.7 Å². The van der Waals surface area contributed by atoms with Crippen molar-refractivity contribution in [2.24, 2.45) is 5.92 Å². The van der Waals surface area contributed by atoms with Crippen molar-refractivity contribution < 1.29 is 72.9 Å². The van der Waals surface area contributed by atoms with Gasteiger partial charge in [0, 0.05) is 13.1 Å². The molecule has 51 heavy (non-hydrogen) atoms. The normalized spacial score (nSPS) is 20.4. The highest BCUT2D eigenvalue weighted by atomic mass is 32.2. The second kappa shape index (κ2) is 16.6. The van der Waals surface area contributed by atoms with Crippen molar-refractivity contribution >= 4 is 22.3 Å². The zero-order valence-electron chi connectivity index (χ0n) is 27.6. The van der Waals surface area contributed by atoms with Gasteiger partial charge in [-0.1, -0.05) is 24.3 Å². The minimum Gasteiger partial charge on any atom is -0.444 e. The Balaban J connectivity index is 1.52. The zero-order valence-corrected chi connectivity index (χ0v) is 28.4. The molecular weight excluding hydrogens is 717 g/mol. The molecule has 20 heteroatoms. The summed E-state index contributed by atoms with van der Waals surface area (Å²) in [7, 11) is -5.92. The molecule has 2 aromatic rings. The molecule has 0 saturated carbocycles. The van der Waals surface area contributed by atoms with Gasteiger partial charge in [-0.05, 0) is 69.0 Å². The number of alkyl carbamates (subject to hydrolysis) is 1. The van der Waals surface area contributed by atoms with Gasteiger partial charge in [0.2, 0.25) is 0 Å². The van der Waals surface area contributed by atoms with Crippen molar-refractivity contribution in [3.8, 4) is 11.5 Å².